The predicted molar refractivity (Wildman–Crippen MR) is 38.0 cm³/mol. The maximum absolute atomic E-state index is 12.0. The van der Waals surface area contributed by atoms with Crippen LogP contribution >= 0.6 is 0 Å². The molecule has 5 heteroatoms. The van der Waals surface area contributed by atoms with Crippen molar-refractivity contribution in [3.8, 4) is 0 Å². The lowest BCUT2D eigenvalue weighted by molar-refractivity contribution is 0.151. The van der Waals surface area contributed by atoms with Gasteiger partial charge in [-0.1, -0.05) is 0 Å². The van der Waals surface area contributed by atoms with E-state index in [2.05, 4.69) is 4.98 Å². The smallest absolute Gasteiger partial charge is 0.264 e. The van der Waals surface area contributed by atoms with Crippen LogP contribution in [0.2, 0.25) is 0 Å². The monoisotopic (exact) mass is 159 g/mol. The second kappa shape index (κ2) is 2.69. The lowest BCUT2D eigenvalue weighted by atomic mass is 10.2. The molecule has 0 aliphatic heterocycles. The Balaban J connectivity index is 3.08. The fourth-order valence-corrected chi connectivity index (χ4v) is 0.723. The molecule has 0 saturated carbocycles. The number of halogens is 2. The van der Waals surface area contributed by atoms with Crippen LogP contribution in [0.4, 0.5) is 20.4 Å². The number of nitrogens with two attached hydrogens (primary N) is 2. The normalized spacial score (nSPS) is 10.5. The van der Waals surface area contributed by atoms with E-state index in [1.807, 2.05) is 0 Å². The number of hydrogen-bond acceptors (Lipinski definition) is 3. The van der Waals surface area contributed by atoms with Crippen molar-refractivity contribution in [2.75, 3.05) is 11.5 Å². The number of aromatic nitrogens is 1. The van der Waals surface area contributed by atoms with E-state index in [-0.39, 0.29) is 17.2 Å². The highest BCUT2D eigenvalue weighted by Gasteiger charge is 2.08. The summed E-state index contributed by atoms with van der Waals surface area (Å²) >= 11 is 0. The van der Waals surface area contributed by atoms with Crippen LogP contribution in [0, 0.1) is 0 Å². The summed E-state index contributed by atoms with van der Waals surface area (Å²) in [7, 11) is 0. The minimum Gasteiger partial charge on any atom is -0.384 e. The summed E-state index contributed by atoms with van der Waals surface area (Å²) in [6, 6.07) is 2.20. The molecule has 0 unspecified atom stereocenters. The third-order valence-electron chi connectivity index (χ3n) is 1.14. The number of pyridine rings is 1. The molecule has 1 aromatic rings. The van der Waals surface area contributed by atoms with Gasteiger partial charge in [0.2, 0.25) is 0 Å². The average Bonchev–Trinajstić information content (AvgIpc) is 1.85. The number of rotatable bonds is 1. The van der Waals surface area contributed by atoms with Crippen LogP contribution in [0.5, 0.6) is 0 Å². The fourth-order valence-electron chi connectivity index (χ4n) is 0.723. The molecule has 0 atom stereocenters. The van der Waals surface area contributed by atoms with Gasteiger partial charge in [-0.15, -0.1) is 0 Å². The third-order valence-corrected chi connectivity index (χ3v) is 1.14. The summed E-state index contributed by atoms with van der Waals surface area (Å²) < 4.78 is 24.0. The Morgan fingerprint density at radius 3 is 2.00 bits per heavy atom. The zero-order chi connectivity index (χ0) is 8.43. The highest BCUT2D eigenvalue weighted by Crippen LogP contribution is 2.21. The maximum Gasteiger partial charge on any atom is 0.264 e. The Hall–Kier alpha value is -1.39. The molecule has 0 aliphatic carbocycles. The molecule has 60 valence electrons. The topological polar surface area (TPSA) is 64.9 Å². The second-order valence-electron chi connectivity index (χ2n) is 2.05. The average molecular weight is 159 g/mol. The Morgan fingerprint density at radius 1 is 1.18 bits per heavy atom. The van der Waals surface area contributed by atoms with Gasteiger partial charge in [0.25, 0.3) is 6.43 Å². The predicted octanol–water partition coefficient (Wildman–Crippen LogP) is 1.18. The van der Waals surface area contributed by atoms with E-state index in [4.69, 9.17) is 11.5 Å². The number of nitrogens with zero attached hydrogens (tertiary/aromatic N) is 1. The van der Waals surface area contributed by atoms with E-state index in [1.54, 1.807) is 0 Å². The Bertz CT molecular complexity index is 242. The Kier molecular flexibility index (Phi) is 1.89. The highest BCUT2D eigenvalue weighted by atomic mass is 19.3. The van der Waals surface area contributed by atoms with Crippen molar-refractivity contribution in [1.29, 1.82) is 0 Å². The molecule has 0 aromatic carbocycles. The van der Waals surface area contributed by atoms with Crippen LogP contribution in [0.25, 0.3) is 0 Å². The third kappa shape index (κ3) is 1.76. The lowest BCUT2D eigenvalue weighted by Crippen LogP contribution is -1.98. The number of anilines is 2. The Labute approximate surface area is 62.0 Å². The van der Waals surface area contributed by atoms with Crippen LogP contribution in [-0.4, -0.2) is 4.98 Å². The van der Waals surface area contributed by atoms with E-state index in [1.165, 1.54) is 0 Å². The summed E-state index contributed by atoms with van der Waals surface area (Å²) in [6.07, 6.45) is -2.55. The first-order valence-electron chi connectivity index (χ1n) is 2.90. The van der Waals surface area contributed by atoms with Crippen molar-refractivity contribution in [2.45, 2.75) is 6.43 Å². The molecule has 0 radical (unpaired) electrons. The molecular weight excluding hydrogens is 152 g/mol. The van der Waals surface area contributed by atoms with E-state index in [0.29, 0.717) is 0 Å². The number of nitrogen functional groups attached to an aromatic ring is 2. The van der Waals surface area contributed by atoms with Crippen molar-refractivity contribution < 1.29 is 8.78 Å². The minimum absolute atomic E-state index is 0.0142. The summed E-state index contributed by atoms with van der Waals surface area (Å²) in [5, 5.41) is 0. The highest BCUT2D eigenvalue weighted by molar-refractivity contribution is 5.43. The van der Waals surface area contributed by atoms with Crippen LogP contribution in [0.1, 0.15) is 12.0 Å². The molecule has 0 saturated heterocycles. The van der Waals surface area contributed by atoms with Gasteiger partial charge in [0.05, 0.1) is 0 Å². The van der Waals surface area contributed by atoms with Gasteiger partial charge in [-0.05, 0) is 12.1 Å². The molecule has 0 amide bonds. The minimum atomic E-state index is -2.55. The van der Waals surface area contributed by atoms with Gasteiger partial charge in [-0.25, -0.2) is 13.8 Å². The van der Waals surface area contributed by atoms with Crippen molar-refractivity contribution in [3.63, 3.8) is 0 Å². The number of hydrogen-bond donors (Lipinski definition) is 2. The fraction of sp³-hybridized carbons (Fsp3) is 0.167. The molecule has 1 heterocycles. The SMILES string of the molecule is Nc1cc(C(F)F)cc(N)n1. The van der Waals surface area contributed by atoms with Gasteiger partial charge in [0.1, 0.15) is 11.6 Å². The van der Waals surface area contributed by atoms with Crippen molar-refractivity contribution in [2.24, 2.45) is 0 Å². The first-order chi connectivity index (χ1) is 5.09. The van der Waals surface area contributed by atoms with Gasteiger partial charge in [0, 0.05) is 5.56 Å². The Morgan fingerprint density at radius 2 is 1.64 bits per heavy atom. The van der Waals surface area contributed by atoms with Crippen LogP contribution in [0.15, 0.2) is 12.1 Å². The van der Waals surface area contributed by atoms with Crippen LogP contribution in [0.3, 0.4) is 0 Å². The quantitative estimate of drug-likeness (QED) is 0.646. The van der Waals surface area contributed by atoms with Gasteiger partial charge < -0.3 is 11.5 Å². The molecule has 1 aromatic heterocycles. The molecule has 0 spiro atoms. The lowest BCUT2D eigenvalue weighted by Gasteiger charge is -2.01. The van der Waals surface area contributed by atoms with Gasteiger partial charge in [-0.2, -0.15) is 0 Å². The molecule has 4 N–H and O–H groups in total. The van der Waals surface area contributed by atoms with E-state index < -0.39 is 6.43 Å². The van der Waals surface area contributed by atoms with E-state index in [9.17, 15) is 8.78 Å². The van der Waals surface area contributed by atoms with E-state index >= 15 is 0 Å². The van der Waals surface area contributed by atoms with Crippen molar-refractivity contribution in [3.05, 3.63) is 17.7 Å². The van der Waals surface area contributed by atoms with Gasteiger partial charge >= 0.3 is 0 Å². The van der Waals surface area contributed by atoms with Gasteiger partial charge in [0.15, 0.2) is 0 Å². The molecule has 0 fully saturated rings. The summed E-state index contributed by atoms with van der Waals surface area (Å²) in [4.78, 5) is 3.54. The largest absolute Gasteiger partial charge is 0.384 e. The molecule has 0 aliphatic rings. The summed E-state index contributed by atoms with van der Waals surface area (Å²) in [5.74, 6) is 0.0283. The molecule has 3 nitrogen and oxygen atoms in total. The molecule has 1 rings (SSSR count). The second-order valence-corrected chi connectivity index (χ2v) is 2.05. The maximum atomic E-state index is 12.0. The van der Waals surface area contributed by atoms with Crippen LogP contribution in [-0.2, 0) is 0 Å². The van der Waals surface area contributed by atoms with Gasteiger partial charge in [-0.3, -0.25) is 0 Å². The molecule has 0 bridgehead atoms. The van der Waals surface area contributed by atoms with Crippen LogP contribution < -0.4 is 11.5 Å². The van der Waals surface area contributed by atoms with Crippen molar-refractivity contribution >= 4 is 11.6 Å². The molecular formula is C6H7F2N3. The first-order valence-corrected chi connectivity index (χ1v) is 2.90. The number of alkyl halides is 2. The first kappa shape index (κ1) is 7.71. The van der Waals surface area contributed by atoms with E-state index in [0.717, 1.165) is 12.1 Å². The zero-order valence-electron chi connectivity index (χ0n) is 5.59. The summed E-state index contributed by atoms with van der Waals surface area (Å²) in [5.41, 5.74) is 10.1. The molecule has 11 heavy (non-hydrogen) atoms. The standard InChI is InChI=1S/C6H7F2N3/c7-6(8)3-1-4(9)11-5(10)2-3/h1-2,6H,(H4,9,10,11). The van der Waals surface area contributed by atoms with Crippen molar-refractivity contribution in [1.82, 2.24) is 4.98 Å². The summed E-state index contributed by atoms with van der Waals surface area (Å²) in [6.45, 7) is 0. The zero-order valence-corrected chi connectivity index (χ0v) is 5.59.